The molecule has 2 nitrogen and oxygen atoms in total. The third kappa shape index (κ3) is 3.73. The molecule has 0 aromatic heterocycles. The molecule has 0 heterocycles. The van der Waals surface area contributed by atoms with Crippen LogP contribution in [0.5, 0.6) is 0 Å². The van der Waals surface area contributed by atoms with Gasteiger partial charge in [-0.25, -0.2) is 0 Å². The average Bonchev–Trinajstić information content (AvgIpc) is 2.21. The molecule has 0 aliphatic carbocycles. The van der Waals surface area contributed by atoms with Gasteiger partial charge in [0, 0.05) is 17.3 Å². The number of benzene rings is 1. The Kier molecular flexibility index (Phi) is 4.92. The highest BCUT2D eigenvalue weighted by Gasteiger charge is 2.11. The van der Waals surface area contributed by atoms with Crippen molar-refractivity contribution in [1.82, 2.24) is 0 Å². The molecule has 0 bridgehead atoms. The Morgan fingerprint density at radius 1 is 1.33 bits per heavy atom. The Bertz CT molecular complexity index is 324. The van der Waals surface area contributed by atoms with E-state index in [0.717, 1.165) is 18.5 Å². The largest absolute Gasteiger partial charge is 0.320 e. The van der Waals surface area contributed by atoms with E-state index in [4.69, 9.17) is 23.2 Å². The number of rotatable bonds is 4. The molecule has 4 heteroatoms. The van der Waals surface area contributed by atoms with Crippen LogP contribution < -0.4 is 4.90 Å². The zero-order chi connectivity index (χ0) is 11.3. The average molecular weight is 246 g/mol. The van der Waals surface area contributed by atoms with Crippen molar-refractivity contribution in [3.05, 3.63) is 29.3 Å². The minimum atomic E-state index is -0.453. The Morgan fingerprint density at radius 3 is 2.40 bits per heavy atom. The summed E-state index contributed by atoms with van der Waals surface area (Å²) in [6, 6.07) is 7.07. The van der Waals surface area contributed by atoms with E-state index < -0.39 is 5.37 Å². The lowest BCUT2D eigenvalue weighted by molar-refractivity contribution is 0.264. The summed E-state index contributed by atoms with van der Waals surface area (Å²) >= 11 is 11.3. The lowest BCUT2D eigenvalue weighted by Crippen LogP contribution is -2.26. The van der Waals surface area contributed by atoms with Crippen LogP contribution in [0.25, 0.3) is 0 Å². The summed E-state index contributed by atoms with van der Waals surface area (Å²) in [5.41, 5.74) is 0.785. The first-order valence-electron chi connectivity index (χ1n) is 4.87. The van der Waals surface area contributed by atoms with E-state index in [-0.39, 0.29) is 0 Å². The van der Waals surface area contributed by atoms with Gasteiger partial charge in [-0.05, 0) is 42.3 Å². The molecule has 1 amide bonds. The predicted octanol–water partition coefficient (Wildman–Crippen LogP) is 4.31. The van der Waals surface area contributed by atoms with Crippen LogP contribution in [0, 0.1) is 0 Å². The quantitative estimate of drug-likeness (QED) is 0.572. The predicted molar refractivity (Wildman–Crippen MR) is 65.0 cm³/mol. The van der Waals surface area contributed by atoms with Crippen molar-refractivity contribution >= 4 is 34.3 Å². The molecule has 0 aliphatic rings. The second-order valence-corrected chi connectivity index (χ2v) is 3.99. The maximum Gasteiger partial charge on any atom is 0.320 e. The minimum absolute atomic E-state index is 0.453. The van der Waals surface area contributed by atoms with Gasteiger partial charge in [-0.1, -0.05) is 24.9 Å². The van der Waals surface area contributed by atoms with Gasteiger partial charge in [0.15, 0.2) is 0 Å². The first kappa shape index (κ1) is 12.3. The molecule has 0 spiro atoms. The number of unbranched alkanes of at least 4 members (excludes halogenated alkanes) is 1. The first-order valence-corrected chi connectivity index (χ1v) is 5.63. The summed E-state index contributed by atoms with van der Waals surface area (Å²) < 4.78 is 0. The lowest BCUT2D eigenvalue weighted by atomic mass is 10.2. The van der Waals surface area contributed by atoms with Crippen molar-refractivity contribution in [2.45, 2.75) is 19.8 Å². The molecular formula is C11H13Cl2NO. The highest BCUT2D eigenvalue weighted by atomic mass is 35.5. The van der Waals surface area contributed by atoms with E-state index >= 15 is 0 Å². The van der Waals surface area contributed by atoms with E-state index in [9.17, 15) is 4.79 Å². The molecule has 0 unspecified atom stereocenters. The summed E-state index contributed by atoms with van der Waals surface area (Å²) in [6.07, 6.45) is 1.95. The Morgan fingerprint density at radius 2 is 1.93 bits per heavy atom. The minimum Gasteiger partial charge on any atom is -0.299 e. The molecule has 1 aromatic rings. The molecule has 82 valence electrons. The number of anilines is 1. The van der Waals surface area contributed by atoms with Gasteiger partial charge < -0.3 is 0 Å². The van der Waals surface area contributed by atoms with Crippen molar-refractivity contribution in [1.29, 1.82) is 0 Å². The number of carbonyl (C=O) groups is 1. The number of amides is 1. The molecule has 0 fully saturated rings. The fraction of sp³-hybridized carbons (Fsp3) is 0.364. The Hall–Kier alpha value is -0.730. The highest BCUT2D eigenvalue weighted by molar-refractivity contribution is 6.66. The fourth-order valence-corrected chi connectivity index (χ4v) is 1.56. The van der Waals surface area contributed by atoms with Crippen molar-refractivity contribution in [3.63, 3.8) is 0 Å². The topological polar surface area (TPSA) is 20.3 Å². The summed E-state index contributed by atoms with van der Waals surface area (Å²) in [6.45, 7) is 2.71. The number of nitrogens with zero attached hydrogens (tertiary/aromatic N) is 1. The van der Waals surface area contributed by atoms with Gasteiger partial charge in [-0.15, -0.1) is 0 Å². The zero-order valence-electron chi connectivity index (χ0n) is 8.54. The van der Waals surface area contributed by atoms with Gasteiger partial charge in [0.2, 0.25) is 0 Å². The van der Waals surface area contributed by atoms with E-state index in [0.29, 0.717) is 11.6 Å². The van der Waals surface area contributed by atoms with Crippen molar-refractivity contribution in [2.24, 2.45) is 0 Å². The van der Waals surface area contributed by atoms with E-state index in [2.05, 4.69) is 6.92 Å². The van der Waals surface area contributed by atoms with Gasteiger partial charge in [0.1, 0.15) is 0 Å². The van der Waals surface area contributed by atoms with Crippen molar-refractivity contribution < 1.29 is 4.79 Å². The first-order chi connectivity index (χ1) is 7.15. The Balaban J connectivity index is 2.79. The van der Waals surface area contributed by atoms with Gasteiger partial charge in [0.25, 0.3) is 0 Å². The maximum absolute atomic E-state index is 11.2. The van der Waals surface area contributed by atoms with E-state index in [1.807, 2.05) is 0 Å². The number of hydrogen-bond donors (Lipinski definition) is 0. The molecule has 1 rings (SSSR count). The lowest BCUT2D eigenvalue weighted by Gasteiger charge is -2.19. The van der Waals surface area contributed by atoms with Gasteiger partial charge in [0.05, 0.1) is 0 Å². The number of hydrogen-bond acceptors (Lipinski definition) is 1. The molecule has 1 aromatic carbocycles. The third-order valence-electron chi connectivity index (χ3n) is 2.09. The van der Waals surface area contributed by atoms with Crippen molar-refractivity contribution in [2.75, 3.05) is 11.4 Å². The van der Waals surface area contributed by atoms with Crippen LogP contribution >= 0.6 is 23.2 Å². The summed E-state index contributed by atoms with van der Waals surface area (Å²) in [5, 5.41) is 0.196. The molecule has 15 heavy (non-hydrogen) atoms. The smallest absolute Gasteiger partial charge is 0.299 e. The summed E-state index contributed by atoms with van der Waals surface area (Å²) in [7, 11) is 0. The second-order valence-electron chi connectivity index (χ2n) is 3.23. The normalized spacial score (nSPS) is 10.1. The van der Waals surface area contributed by atoms with E-state index in [1.54, 1.807) is 29.2 Å². The molecule has 0 radical (unpaired) electrons. The number of carbonyl (C=O) groups excluding carboxylic acids is 1. The van der Waals surface area contributed by atoms with Crippen LogP contribution in [0.1, 0.15) is 19.8 Å². The molecule has 0 saturated heterocycles. The van der Waals surface area contributed by atoms with Crippen LogP contribution in [-0.4, -0.2) is 11.9 Å². The molecule has 0 atom stereocenters. The standard InChI is InChI=1S/C11H13Cl2NO/c1-2-3-8-14(11(13)15)10-6-4-9(12)5-7-10/h4-7H,2-3,8H2,1H3. The summed E-state index contributed by atoms with van der Waals surface area (Å²) in [4.78, 5) is 12.7. The fourth-order valence-electron chi connectivity index (χ4n) is 1.26. The van der Waals surface area contributed by atoms with Crippen LogP contribution in [0.2, 0.25) is 5.02 Å². The SMILES string of the molecule is CCCCN(C(=O)Cl)c1ccc(Cl)cc1. The third-order valence-corrected chi connectivity index (χ3v) is 2.54. The zero-order valence-corrected chi connectivity index (χ0v) is 10.1. The van der Waals surface area contributed by atoms with Crippen LogP contribution in [0.3, 0.4) is 0 Å². The number of halogens is 2. The Labute approximate surface area is 99.8 Å². The van der Waals surface area contributed by atoms with Crippen LogP contribution in [0.15, 0.2) is 24.3 Å². The molecular weight excluding hydrogens is 233 g/mol. The monoisotopic (exact) mass is 245 g/mol. The molecule has 0 saturated carbocycles. The second kappa shape index (κ2) is 5.99. The highest BCUT2D eigenvalue weighted by Crippen LogP contribution is 2.19. The summed E-state index contributed by atoms with van der Waals surface area (Å²) in [5.74, 6) is 0. The molecule has 0 aliphatic heterocycles. The van der Waals surface area contributed by atoms with Crippen molar-refractivity contribution in [3.8, 4) is 0 Å². The van der Waals surface area contributed by atoms with E-state index in [1.165, 1.54) is 0 Å². The molecule has 0 N–H and O–H groups in total. The van der Waals surface area contributed by atoms with Gasteiger partial charge in [-0.2, -0.15) is 0 Å². The van der Waals surface area contributed by atoms with Gasteiger partial charge in [-0.3, -0.25) is 9.69 Å². The van der Waals surface area contributed by atoms with Gasteiger partial charge >= 0.3 is 5.37 Å². The van der Waals surface area contributed by atoms with Crippen LogP contribution in [0.4, 0.5) is 10.5 Å². The maximum atomic E-state index is 11.2. The van der Waals surface area contributed by atoms with Crippen LogP contribution in [-0.2, 0) is 0 Å².